The van der Waals surface area contributed by atoms with Crippen LogP contribution >= 0.6 is 0 Å². The van der Waals surface area contributed by atoms with E-state index >= 15 is 0 Å². The predicted molar refractivity (Wildman–Crippen MR) is 132 cm³/mol. The van der Waals surface area contributed by atoms with Crippen molar-refractivity contribution in [3.05, 3.63) is 42.3 Å². The minimum atomic E-state index is 0.702. The van der Waals surface area contributed by atoms with Crippen molar-refractivity contribution in [2.75, 3.05) is 57.4 Å². The lowest BCUT2D eigenvalue weighted by Crippen LogP contribution is -2.49. The van der Waals surface area contributed by atoms with Crippen LogP contribution in [0.4, 0.5) is 5.82 Å². The second-order valence-electron chi connectivity index (χ2n) is 9.71. The van der Waals surface area contributed by atoms with Crippen molar-refractivity contribution in [3.63, 3.8) is 0 Å². The van der Waals surface area contributed by atoms with Crippen molar-refractivity contribution < 1.29 is 9.15 Å². The zero-order valence-electron chi connectivity index (χ0n) is 19.4. The van der Waals surface area contributed by atoms with Gasteiger partial charge in [0.1, 0.15) is 11.3 Å². The Morgan fingerprint density at radius 3 is 2.91 bits per heavy atom. The van der Waals surface area contributed by atoms with Crippen LogP contribution in [0.2, 0.25) is 0 Å². The van der Waals surface area contributed by atoms with Gasteiger partial charge >= 0.3 is 0 Å². The zero-order chi connectivity index (χ0) is 22.5. The van der Waals surface area contributed by atoms with Gasteiger partial charge in [-0.05, 0) is 31.5 Å². The van der Waals surface area contributed by atoms with Crippen LogP contribution in [0.25, 0.3) is 33.4 Å². The van der Waals surface area contributed by atoms with E-state index in [0.717, 1.165) is 84.2 Å². The average molecular weight is 459 g/mol. The fraction of sp³-hybridized carbons (Fsp3) is 0.462. The minimum absolute atomic E-state index is 0.702. The van der Waals surface area contributed by atoms with Crippen LogP contribution in [0.1, 0.15) is 18.6 Å². The quantitative estimate of drug-likeness (QED) is 0.502. The molecule has 0 amide bonds. The molecule has 3 fully saturated rings. The van der Waals surface area contributed by atoms with Gasteiger partial charge in [-0.25, -0.2) is 9.97 Å². The summed E-state index contributed by atoms with van der Waals surface area (Å²) in [5.74, 6) is 2.59. The highest BCUT2D eigenvalue weighted by Crippen LogP contribution is 2.33. The summed E-state index contributed by atoms with van der Waals surface area (Å²) < 4.78 is 12.1. The molecule has 1 atom stereocenters. The third-order valence-corrected chi connectivity index (χ3v) is 7.60. The van der Waals surface area contributed by atoms with Crippen LogP contribution in [0, 0.1) is 0 Å². The molecular weight excluding hydrogens is 428 g/mol. The number of benzene rings is 1. The average Bonchev–Trinajstić information content (AvgIpc) is 3.62. The molecule has 7 rings (SSSR count). The lowest BCUT2D eigenvalue weighted by Gasteiger charge is -2.37. The number of hydrogen-bond acceptors (Lipinski definition) is 7. The SMILES string of the molecule is c1cc(-c2nc(N3CCOCC3)c3oc(CN4CCN5CCCC5C4)cc3n2)c2cc[nH]c2c1. The van der Waals surface area contributed by atoms with E-state index in [1.165, 1.54) is 19.4 Å². The number of nitrogens with zero attached hydrogens (tertiary/aromatic N) is 5. The number of anilines is 1. The maximum atomic E-state index is 6.46. The van der Waals surface area contributed by atoms with Gasteiger partial charge in [0, 0.05) is 67.5 Å². The molecule has 1 aromatic carbocycles. The molecule has 0 bridgehead atoms. The number of aromatic nitrogens is 3. The van der Waals surface area contributed by atoms with Gasteiger partial charge in [-0.1, -0.05) is 12.1 Å². The van der Waals surface area contributed by atoms with Gasteiger partial charge in [0.15, 0.2) is 17.2 Å². The van der Waals surface area contributed by atoms with Crippen LogP contribution in [-0.2, 0) is 11.3 Å². The first-order valence-electron chi connectivity index (χ1n) is 12.5. The molecule has 6 heterocycles. The van der Waals surface area contributed by atoms with Gasteiger partial charge in [-0.2, -0.15) is 0 Å². The molecule has 4 aromatic rings. The van der Waals surface area contributed by atoms with E-state index in [0.29, 0.717) is 19.3 Å². The van der Waals surface area contributed by atoms with Crippen molar-refractivity contribution in [3.8, 4) is 11.4 Å². The fourth-order valence-corrected chi connectivity index (χ4v) is 5.85. The van der Waals surface area contributed by atoms with Crippen molar-refractivity contribution >= 4 is 27.8 Å². The number of fused-ring (bicyclic) bond motifs is 3. The molecule has 3 aliphatic heterocycles. The fourth-order valence-electron chi connectivity index (χ4n) is 5.85. The number of morpholine rings is 1. The third kappa shape index (κ3) is 3.57. The van der Waals surface area contributed by atoms with E-state index in [9.17, 15) is 0 Å². The standard InChI is InChI=1S/C26H30N6O2/c1-4-21(20-6-7-27-22(20)5-1)25-28-23-15-19(17-30-9-10-31-8-2-3-18(31)16-30)34-24(23)26(29-25)32-11-13-33-14-12-32/h1,4-7,15,18,27H,2-3,8-14,16-17H2. The molecule has 34 heavy (non-hydrogen) atoms. The van der Waals surface area contributed by atoms with Gasteiger partial charge in [0.25, 0.3) is 0 Å². The van der Waals surface area contributed by atoms with Crippen LogP contribution < -0.4 is 4.90 Å². The maximum absolute atomic E-state index is 6.46. The molecule has 0 aliphatic carbocycles. The van der Waals surface area contributed by atoms with Gasteiger partial charge in [0.2, 0.25) is 0 Å². The number of piperazine rings is 1. The molecule has 0 saturated carbocycles. The Hall–Kier alpha value is -2.94. The summed E-state index contributed by atoms with van der Waals surface area (Å²) >= 11 is 0. The Labute approximate surface area is 198 Å². The molecule has 1 unspecified atom stereocenters. The Morgan fingerprint density at radius 2 is 1.97 bits per heavy atom. The number of rotatable bonds is 4. The monoisotopic (exact) mass is 458 g/mol. The molecule has 0 spiro atoms. The Kier molecular flexibility index (Phi) is 5.03. The van der Waals surface area contributed by atoms with Crippen molar-refractivity contribution in [1.29, 1.82) is 0 Å². The van der Waals surface area contributed by atoms with Crippen molar-refractivity contribution in [1.82, 2.24) is 24.8 Å². The molecule has 176 valence electrons. The lowest BCUT2D eigenvalue weighted by atomic mass is 10.1. The predicted octanol–water partition coefficient (Wildman–Crippen LogP) is 3.49. The third-order valence-electron chi connectivity index (χ3n) is 7.60. The summed E-state index contributed by atoms with van der Waals surface area (Å²) in [5.41, 5.74) is 3.80. The number of aromatic amines is 1. The van der Waals surface area contributed by atoms with Gasteiger partial charge in [-0.15, -0.1) is 0 Å². The van der Waals surface area contributed by atoms with Crippen LogP contribution in [0.3, 0.4) is 0 Å². The highest BCUT2D eigenvalue weighted by atomic mass is 16.5. The van der Waals surface area contributed by atoms with Gasteiger partial charge in [-0.3, -0.25) is 9.80 Å². The van der Waals surface area contributed by atoms with Gasteiger partial charge in [0.05, 0.1) is 19.8 Å². The molecule has 3 saturated heterocycles. The summed E-state index contributed by atoms with van der Waals surface area (Å²) in [6.45, 7) is 8.48. The van der Waals surface area contributed by atoms with E-state index in [1.807, 2.05) is 6.20 Å². The van der Waals surface area contributed by atoms with Crippen LogP contribution in [0.5, 0.6) is 0 Å². The first-order valence-corrected chi connectivity index (χ1v) is 12.5. The number of H-pyrrole nitrogens is 1. The van der Waals surface area contributed by atoms with E-state index in [-0.39, 0.29) is 0 Å². The smallest absolute Gasteiger partial charge is 0.195 e. The Balaban J connectivity index is 1.28. The van der Waals surface area contributed by atoms with Crippen LogP contribution in [0.15, 0.2) is 40.9 Å². The molecule has 1 N–H and O–H groups in total. The number of hydrogen-bond donors (Lipinski definition) is 1. The first kappa shape index (κ1) is 20.4. The van der Waals surface area contributed by atoms with E-state index in [4.69, 9.17) is 19.1 Å². The maximum Gasteiger partial charge on any atom is 0.195 e. The molecular formula is C26H30N6O2. The zero-order valence-corrected chi connectivity index (χ0v) is 19.4. The number of furan rings is 1. The minimum Gasteiger partial charge on any atom is -0.454 e. The van der Waals surface area contributed by atoms with E-state index in [2.05, 4.69) is 50.0 Å². The van der Waals surface area contributed by atoms with Crippen LogP contribution in [-0.4, -0.2) is 83.3 Å². The van der Waals surface area contributed by atoms with E-state index in [1.54, 1.807) is 0 Å². The summed E-state index contributed by atoms with van der Waals surface area (Å²) in [6.07, 6.45) is 4.62. The molecule has 3 aromatic heterocycles. The van der Waals surface area contributed by atoms with Crippen molar-refractivity contribution in [2.45, 2.75) is 25.4 Å². The Bertz CT molecular complexity index is 1320. The normalized spacial score (nSPS) is 22.1. The topological polar surface area (TPSA) is 73.7 Å². The van der Waals surface area contributed by atoms with E-state index < -0.39 is 0 Å². The highest BCUT2D eigenvalue weighted by Gasteiger charge is 2.31. The van der Waals surface area contributed by atoms with Crippen molar-refractivity contribution in [2.24, 2.45) is 0 Å². The number of nitrogens with one attached hydrogen (secondary N) is 1. The summed E-state index contributed by atoms with van der Waals surface area (Å²) in [4.78, 5) is 20.8. The molecule has 8 heteroatoms. The largest absolute Gasteiger partial charge is 0.454 e. The Morgan fingerprint density at radius 1 is 1.03 bits per heavy atom. The second-order valence-corrected chi connectivity index (χ2v) is 9.71. The summed E-state index contributed by atoms with van der Waals surface area (Å²) in [7, 11) is 0. The second kappa shape index (κ2) is 8.37. The summed E-state index contributed by atoms with van der Waals surface area (Å²) in [5, 5.41) is 1.13. The first-order chi connectivity index (χ1) is 16.8. The molecule has 8 nitrogen and oxygen atoms in total. The molecule has 0 radical (unpaired) electrons. The lowest BCUT2D eigenvalue weighted by molar-refractivity contribution is 0.0945. The highest BCUT2D eigenvalue weighted by molar-refractivity contribution is 5.95. The van der Waals surface area contributed by atoms with Gasteiger partial charge < -0.3 is 19.0 Å². The summed E-state index contributed by atoms with van der Waals surface area (Å²) in [6, 6.07) is 11.2. The number of ether oxygens (including phenoxy) is 1. The molecule has 3 aliphatic rings.